The van der Waals surface area contributed by atoms with E-state index >= 15 is 0 Å². The molecule has 0 bridgehead atoms. The van der Waals surface area contributed by atoms with Gasteiger partial charge in [0.2, 0.25) is 0 Å². The van der Waals surface area contributed by atoms with Crippen LogP contribution in [0.1, 0.15) is 52.3 Å². The second-order valence-electron chi connectivity index (χ2n) is 5.02. The molecule has 1 aromatic rings. The van der Waals surface area contributed by atoms with Gasteiger partial charge in [0, 0.05) is 31.4 Å². The van der Waals surface area contributed by atoms with Crippen LogP contribution in [0.5, 0.6) is 0 Å². The van der Waals surface area contributed by atoms with Crippen LogP contribution < -0.4 is 5.73 Å². The van der Waals surface area contributed by atoms with Gasteiger partial charge in [-0.3, -0.25) is 0 Å². The van der Waals surface area contributed by atoms with Crippen molar-refractivity contribution >= 4 is 0 Å². The lowest BCUT2D eigenvalue weighted by atomic mass is 9.94. The molecule has 2 unspecified atom stereocenters. The Kier molecular flexibility index (Phi) is 6.27. The molecular formula is C14H27N3. The second kappa shape index (κ2) is 7.49. The molecule has 0 saturated heterocycles. The first-order valence-corrected chi connectivity index (χ1v) is 6.94. The lowest BCUT2D eigenvalue weighted by Crippen LogP contribution is -2.31. The van der Waals surface area contributed by atoms with Crippen molar-refractivity contribution in [2.24, 2.45) is 11.7 Å². The predicted molar refractivity (Wildman–Crippen MR) is 72.9 cm³/mol. The van der Waals surface area contributed by atoms with Gasteiger partial charge in [-0.15, -0.1) is 0 Å². The van der Waals surface area contributed by atoms with Crippen molar-refractivity contribution in [1.82, 2.24) is 9.55 Å². The molecule has 0 radical (unpaired) electrons. The number of hydrogen-bond acceptors (Lipinski definition) is 2. The van der Waals surface area contributed by atoms with Gasteiger partial charge < -0.3 is 10.3 Å². The van der Waals surface area contributed by atoms with E-state index in [0.29, 0.717) is 5.92 Å². The Morgan fingerprint density at radius 3 is 2.76 bits per heavy atom. The van der Waals surface area contributed by atoms with Crippen LogP contribution >= 0.6 is 0 Å². The third kappa shape index (κ3) is 4.50. The van der Waals surface area contributed by atoms with Crippen molar-refractivity contribution in [1.29, 1.82) is 0 Å². The standard InChI is InChI=1S/C14H27N3/c1-4-6-7-12(3)13(15)11-14-16-8-10-17(14)9-5-2/h8,10,12-13H,4-7,9,11,15H2,1-3H3. The Balaban J connectivity index is 2.48. The fourth-order valence-electron chi connectivity index (χ4n) is 2.13. The minimum absolute atomic E-state index is 0.236. The third-order valence-corrected chi connectivity index (χ3v) is 3.43. The number of rotatable bonds is 8. The first-order chi connectivity index (χ1) is 8.19. The normalized spacial score (nSPS) is 14.8. The molecule has 0 aromatic carbocycles. The van der Waals surface area contributed by atoms with E-state index in [-0.39, 0.29) is 6.04 Å². The summed E-state index contributed by atoms with van der Waals surface area (Å²) in [5, 5.41) is 0. The van der Waals surface area contributed by atoms with Gasteiger partial charge in [-0.2, -0.15) is 0 Å². The van der Waals surface area contributed by atoms with Crippen LogP contribution in [-0.4, -0.2) is 15.6 Å². The van der Waals surface area contributed by atoms with E-state index < -0.39 is 0 Å². The average molecular weight is 237 g/mol. The number of imidazole rings is 1. The summed E-state index contributed by atoms with van der Waals surface area (Å²) in [5.74, 6) is 1.73. The van der Waals surface area contributed by atoms with E-state index in [9.17, 15) is 0 Å². The summed E-state index contributed by atoms with van der Waals surface area (Å²) in [4.78, 5) is 4.42. The van der Waals surface area contributed by atoms with Gasteiger partial charge in [-0.05, 0) is 18.8 Å². The molecule has 0 amide bonds. The zero-order valence-electron chi connectivity index (χ0n) is 11.5. The van der Waals surface area contributed by atoms with Crippen molar-refractivity contribution in [2.45, 2.75) is 65.5 Å². The monoisotopic (exact) mass is 237 g/mol. The first kappa shape index (κ1) is 14.2. The average Bonchev–Trinajstić information content (AvgIpc) is 2.74. The third-order valence-electron chi connectivity index (χ3n) is 3.43. The maximum Gasteiger partial charge on any atom is 0.110 e. The summed E-state index contributed by atoms with van der Waals surface area (Å²) < 4.78 is 2.23. The highest BCUT2D eigenvalue weighted by atomic mass is 15.1. The van der Waals surface area contributed by atoms with Gasteiger partial charge in [-0.25, -0.2) is 4.98 Å². The second-order valence-corrected chi connectivity index (χ2v) is 5.02. The lowest BCUT2D eigenvalue weighted by Gasteiger charge is -2.19. The molecule has 1 aromatic heterocycles. The molecular weight excluding hydrogens is 210 g/mol. The zero-order valence-corrected chi connectivity index (χ0v) is 11.5. The summed E-state index contributed by atoms with van der Waals surface area (Å²) >= 11 is 0. The van der Waals surface area contributed by atoms with Crippen molar-refractivity contribution in [3.8, 4) is 0 Å². The van der Waals surface area contributed by atoms with E-state index in [2.05, 4.69) is 36.5 Å². The Labute approximate surface area is 105 Å². The Bertz CT molecular complexity index is 306. The summed E-state index contributed by atoms with van der Waals surface area (Å²) in [6.07, 6.45) is 9.74. The minimum Gasteiger partial charge on any atom is -0.335 e. The van der Waals surface area contributed by atoms with Crippen LogP contribution in [0, 0.1) is 5.92 Å². The smallest absolute Gasteiger partial charge is 0.110 e. The molecule has 2 atom stereocenters. The molecule has 2 N–H and O–H groups in total. The summed E-state index contributed by atoms with van der Waals surface area (Å²) in [6.45, 7) is 7.72. The van der Waals surface area contributed by atoms with E-state index in [0.717, 1.165) is 25.2 Å². The summed E-state index contributed by atoms with van der Waals surface area (Å²) in [6, 6.07) is 0.236. The number of nitrogens with two attached hydrogens (primary N) is 1. The summed E-state index contributed by atoms with van der Waals surface area (Å²) in [5.41, 5.74) is 6.26. The van der Waals surface area contributed by atoms with Gasteiger partial charge in [0.05, 0.1) is 0 Å². The lowest BCUT2D eigenvalue weighted by molar-refractivity contribution is 0.401. The molecule has 0 spiro atoms. The van der Waals surface area contributed by atoms with Crippen molar-refractivity contribution in [3.63, 3.8) is 0 Å². The maximum absolute atomic E-state index is 6.26. The Hall–Kier alpha value is -0.830. The van der Waals surface area contributed by atoms with Crippen molar-refractivity contribution in [3.05, 3.63) is 18.2 Å². The highest BCUT2D eigenvalue weighted by Gasteiger charge is 2.15. The highest BCUT2D eigenvalue weighted by molar-refractivity contribution is 4.96. The van der Waals surface area contributed by atoms with Gasteiger partial charge in [0.1, 0.15) is 5.82 Å². The summed E-state index contributed by atoms with van der Waals surface area (Å²) in [7, 11) is 0. The molecule has 3 heteroatoms. The van der Waals surface area contributed by atoms with Gasteiger partial charge in [0.15, 0.2) is 0 Å². The zero-order chi connectivity index (χ0) is 12.7. The fourth-order valence-corrected chi connectivity index (χ4v) is 2.13. The molecule has 3 nitrogen and oxygen atoms in total. The largest absolute Gasteiger partial charge is 0.335 e. The van der Waals surface area contributed by atoms with Crippen LogP contribution in [-0.2, 0) is 13.0 Å². The molecule has 0 aliphatic heterocycles. The minimum atomic E-state index is 0.236. The number of aryl methyl sites for hydroxylation is 1. The molecule has 1 rings (SSSR count). The van der Waals surface area contributed by atoms with Crippen LogP contribution in [0.25, 0.3) is 0 Å². The Morgan fingerprint density at radius 2 is 2.12 bits per heavy atom. The Morgan fingerprint density at radius 1 is 1.35 bits per heavy atom. The number of hydrogen-bond donors (Lipinski definition) is 1. The van der Waals surface area contributed by atoms with E-state index in [1.165, 1.54) is 19.3 Å². The van der Waals surface area contributed by atoms with Gasteiger partial charge >= 0.3 is 0 Å². The number of unbranched alkanes of at least 4 members (excludes halogenated alkanes) is 1. The van der Waals surface area contributed by atoms with E-state index in [4.69, 9.17) is 5.73 Å². The van der Waals surface area contributed by atoms with Crippen molar-refractivity contribution in [2.75, 3.05) is 0 Å². The SMILES string of the molecule is CCCCC(C)C(N)Cc1nccn1CCC. The number of nitrogens with zero attached hydrogens (tertiary/aromatic N) is 2. The van der Waals surface area contributed by atoms with E-state index in [1.54, 1.807) is 0 Å². The van der Waals surface area contributed by atoms with Crippen molar-refractivity contribution < 1.29 is 0 Å². The molecule has 0 aliphatic carbocycles. The molecule has 17 heavy (non-hydrogen) atoms. The van der Waals surface area contributed by atoms with Crippen LogP contribution in [0.15, 0.2) is 12.4 Å². The molecule has 1 heterocycles. The van der Waals surface area contributed by atoms with Gasteiger partial charge in [0.25, 0.3) is 0 Å². The quantitative estimate of drug-likeness (QED) is 0.755. The number of aromatic nitrogens is 2. The fraction of sp³-hybridized carbons (Fsp3) is 0.786. The van der Waals surface area contributed by atoms with E-state index in [1.807, 2.05) is 6.20 Å². The van der Waals surface area contributed by atoms with Crippen LogP contribution in [0.4, 0.5) is 0 Å². The maximum atomic E-state index is 6.26. The molecule has 0 saturated carbocycles. The van der Waals surface area contributed by atoms with Crippen LogP contribution in [0.2, 0.25) is 0 Å². The molecule has 0 aliphatic rings. The predicted octanol–water partition coefficient (Wildman–Crippen LogP) is 2.99. The van der Waals surface area contributed by atoms with Crippen LogP contribution in [0.3, 0.4) is 0 Å². The topological polar surface area (TPSA) is 43.8 Å². The van der Waals surface area contributed by atoms with Gasteiger partial charge in [-0.1, -0.05) is 33.6 Å². The molecule has 98 valence electrons. The highest BCUT2D eigenvalue weighted by Crippen LogP contribution is 2.14. The molecule has 0 fully saturated rings. The first-order valence-electron chi connectivity index (χ1n) is 6.94.